The van der Waals surface area contributed by atoms with Crippen LogP contribution in [0.15, 0.2) is 18.2 Å². The van der Waals surface area contributed by atoms with Crippen LogP contribution in [0.3, 0.4) is 0 Å². The van der Waals surface area contributed by atoms with E-state index in [1.165, 1.54) is 231 Å². The summed E-state index contributed by atoms with van der Waals surface area (Å²) in [5.74, 6) is 2.57. The third-order valence-corrected chi connectivity index (χ3v) is 11.4. The molecule has 0 aromatic heterocycles. The quantitative estimate of drug-likeness (QED) is 0.0620. The van der Waals surface area contributed by atoms with Crippen LogP contribution in [0.2, 0.25) is 0 Å². The molecule has 1 aromatic carbocycles. The third-order valence-electron chi connectivity index (χ3n) is 11.4. The van der Waals surface area contributed by atoms with Crippen LogP contribution in [0.5, 0.6) is 17.2 Å². The van der Waals surface area contributed by atoms with Crippen LogP contribution in [0, 0.1) is 0 Å². The van der Waals surface area contributed by atoms with E-state index in [0.29, 0.717) is 0 Å². The Morgan fingerprint density at radius 2 is 0.463 bits per heavy atom. The summed E-state index contributed by atoms with van der Waals surface area (Å²) in [6.45, 7) is 9.16. The minimum atomic E-state index is 0.742. The minimum absolute atomic E-state index is 0.742. The summed E-state index contributed by atoms with van der Waals surface area (Å²) in [5.41, 5.74) is 0. The fraction of sp³-hybridized carbons (Fsp3) is 0.882. The summed E-state index contributed by atoms with van der Waals surface area (Å²) >= 11 is 0. The van der Waals surface area contributed by atoms with Gasteiger partial charge in [-0.3, -0.25) is 0 Å². The molecule has 3 nitrogen and oxygen atoms in total. The van der Waals surface area contributed by atoms with Gasteiger partial charge in [-0.2, -0.15) is 0 Å². The Morgan fingerprint density at radius 1 is 0.259 bits per heavy atom. The molecule has 0 atom stereocenters. The molecule has 0 heterocycles. The Bertz CT molecular complexity index is 803. The van der Waals surface area contributed by atoms with Crippen molar-refractivity contribution in [1.29, 1.82) is 0 Å². The average Bonchev–Trinajstić information content (AvgIpc) is 3.18. The van der Waals surface area contributed by atoms with Crippen molar-refractivity contribution in [3.63, 3.8) is 0 Å². The van der Waals surface area contributed by atoms with Crippen LogP contribution in [-0.4, -0.2) is 19.8 Å². The highest BCUT2D eigenvalue weighted by Gasteiger charge is 2.13. The Kier molecular flexibility index (Phi) is 40.1. The molecule has 0 bridgehead atoms. The van der Waals surface area contributed by atoms with Gasteiger partial charge in [-0.05, 0) is 31.4 Å². The molecular weight excluding hydrogens is 661 g/mol. The number of hydrogen-bond acceptors (Lipinski definition) is 3. The predicted molar refractivity (Wildman–Crippen MR) is 240 cm³/mol. The van der Waals surface area contributed by atoms with Gasteiger partial charge in [-0.25, -0.2) is 0 Å². The first-order chi connectivity index (χ1) is 26.8. The summed E-state index contributed by atoms with van der Waals surface area (Å²) in [6, 6.07) is 6.25. The van der Waals surface area contributed by atoms with Crippen molar-refractivity contribution in [3.8, 4) is 17.2 Å². The Balaban J connectivity index is 2.33. The molecule has 0 amide bonds. The molecule has 0 saturated heterocycles. The lowest BCUT2D eigenvalue weighted by Gasteiger charge is -2.17. The van der Waals surface area contributed by atoms with Crippen molar-refractivity contribution in [1.82, 2.24) is 0 Å². The van der Waals surface area contributed by atoms with E-state index in [2.05, 4.69) is 39.0 Å². The Labute approximate surface area is 339 Å². The highest BCUT2D eigenvalue weighted by atomic mass is 16.5. The second-order valence-corrected chi connectivity index (χ2v) is 16.9. The maximum Gasteiger partial charge on any atom is 0.203 e. The van der Waals surface area contributed by atoms with Crippen molar-refractivity contribution in [2.75, 3.05) is 19.8 Å². The van der Waals surface area contributed by atoms with Crippen molar-refractivity contribution in [2.45, 2.75) is 271 Å². The first-order valence-corrected chi connectivity index (χ1v) is 24.8. The molecule has 1 rings (SSSR count). The average molecular weight is 757 g/mol. The van der Waals surface area contributed by atoms with Crippen LogP contribution in [0.25, 0.3) is 0 Å². The van der Waals surface area contributed by atoms with Gasteiger partial charge in [0.05, 0.1) is 19.8 Å². The molecule has 0 aliphatic carbocycles. The van der Waals surface area contributed by atoms with Gasteiger partial charge in [-0.15, -0.1) is 0 Å². The number of para-hydroxylation sites is 1. The summed E-state index contributed by atoms with van der Waals surface area (Å²) in [4.78, 5) is 0. The molecule has 0 spiro atoms. The molecule has 318 valence electrons. The molecule has 1 aromatic rings. The smallest absolute Gasteiger partial charge is 0.203 e. The molecule has 0 unspecified atom stereocenters. The van der Waals surface area contributed by atoms with Gasteiger partial charge >= 0.3 is 0 Å². The standard InChI is InChI=1S/C51H96O3/c1-4-7-10-13-16-19-22-25-28-31-34-37-40-46-52-49-44-43-45-50(53-47-41-38-35-32-29-26-23-20-17-14-11-8-5-2)51(49)54-48-42-39-36-33-30-27-24-21-18-15-12-9-6-3/h43-45H,4-42,46-48H2,1-3H3. The summed E-state index contributed by atoms with van der Waals surface area (Å²) in [7, 11) is 0. The number of hydrogen-bond donors (Lipinski definition) is 0. The maximum atomic E-state index is 6.46. The molecule has 0 radical (unpaired) electrons. The summed E-state index contributed by atoms with van der Waals surface area (Å²) < 4.78 is 19.2. The van der Waals surface area contributed by atoms with Gasteiger partial charge in [0, 0.05) is 0 Å². The highest BCUT2D eigenvalue weighted by Crippen LogP contribution is 2.38. The van der Waals surface area contributed by atoms with E-state index in [4.69, 9.17) is 14.2 Å². The van der Waals surface area contributed by atoms with Gasteiger partial charge in [0.25, 0.3) is 0 Å². The Morgan fingerprint density at radius 3 is 0.704 bits per heavy atom. The van der Waals surface area contributed by atoms with E-state index in [1.54, 1.807) is 0 Å². The lowest BCUT2D eigenvalue weighted by atomic mass is 10.0. The van der Waals surface area contributed by atoms with E-state index in [0.717, 1.165) is 56.3 Å². The van der Waals surface area contributed by atoms with Crippen molar-refractivity contribution in [3.05, 3.63) is 18.2 Å². The number of benzene rings is 1. The van der Waals surface area contributed by atoms with E-state index in [-0.39, 0.29) is 0 Å². The second kappa shape index (κ2) is 42.8. The van der Waals surface area contributed by atoms with Gasteiger partial charge in [0.1, 0.15) is 0 Å². The van der Waals surface area contributed by atoms with Crippen molar-refractivity contribution in [2.24, 2.45) is 0 Å². The monoisotopic (exact) mass is 757 g/mol. The molecule has 0 saturated carbocycles. The van der Waals surface area contributed by atoms with Gasteiger partial charge in [-0.1, -0.05) is 258 Å². The van der Waals surface area contributed by atoms with Crippen molar-refractivity contribution >= 4 is 0 Å². The molecule has 54 heavy (non-hydrogen) atoms. The maximum absolute atomic E-state index is 6.46. The SMILES string of the molecule is CCCCCCCCCCCCCCCOc1cccc(OCCCCCCCCCCCCCCC)c1OCCCCCCCCCCCCCCC. The normalized spacial score (nSPS) is 11.4. The zero-order valence-electron chi connectivity index (χ0n) is 37.2. The molecule has 3 heteroatoms. The zero-order valence-corrected chi connectivity index (χ0v) is 37.2. The molecule has 0 aliphatic heterocycles. The molecular formula is C51H96O3. The van der Waals surface area contributed by atoms with Crippen LogP contribution < -0.4 is 14.2 Å². The largest absolute Gasteiger partial charge is 0.490 e. The summed E-state index contributed by atoms with van der Waals surface area (Å²) in [5, 5.41) is 0. The number of unbranched alkanes of at least 4 members (excludes halogenated alkanes) is 36. The fourth-order valence-corrected chi connectivity index (χ4v) is 7.76. The van der Waals surface area contributed by atoms with Crippen LogP contribution in [-0.2, 0) is 0 Å². The lowest BCUT2D eigenvalue weighted by Crippen LogP contribution is -2.06. The van der Waals surface area contributed by atoms with Crippen LogP contribution in [0.1, 0.15) is 271 Å². The highest BCUT2D eigenvalue weighted by molar-refractivity contribution is 5.51. The second-order valence-electron chi connectivity index (χ2n) is 16.9. The Hall–Kier alpha value is -1.38. The molecule has 0 fully saturated rings. The summed E-state index contributed by atoms with van der Waals surface area (Å²) in [6.07, 6.45) is 53.3. The topological polar surface area (TPSA) is 27.7 Å². The number of ether oxygens (including phenoxy) is 3. The molecule has 0 aliphatic rings. The van der Waals surface area contributed by atoms with Crippen LogP contribution in [0.4, 0.5) is 0 Å². The van der Waals surface area contributed by atoms with Gasteiger partial charge in [0.2, 0.25) is 5.75 Å². The molecule has 0 N–H and O–H groups in total. The first kappa shape index (κ1) is 50.6. The van der Waals surface area contributed by atoms with E-state index >= 15 is 0 Å². The number of rotatable bonds is 45. The predicted octanol–water partition coefficient (Wildman–Crippen LogP) is 18.1. The van der Waals surface area contributed by atoms with Gasteiger partial charge in [0.15, 0.2) is 11.5 Å². The third kappa shape index (κ3) is 33.9. The fourth-order valence-electron chi connectivity index (χ4n) is 7.76. The van der Waals surface area contributed by atoms with E-state index in [1.807, 2.05) is 0 Å². The first-order valence-electron chi connectivity index (χ1n) is 24.8. The zero-order chi connectivity index (χ0) is 38.7. The van der Waals surface area contributed by atoms with E-state index in [9.17, 15) is 0 Å². The van der Waals surface area contributed by atoms with E-state index < -0.39 is 0 Å². The van der Waals surface area contributed by atoms with Crippen LogP contribution >= 0.6 is 0 Å². The van der Waals surface area contributed by atoms with Gasteiger partial charge < -0.3 is 14.2 Å². The minimum Gasteiger partial charge on any atom is -0.490 e. The lowest BCUT2D eigenvalue weighted by molar-refractivity contribution is 0.234. The van der Waals surface area contributed by atoms with Crippen molar-refractivity contribution < 1.29 is 14.2 Å².